The third-order valence-corrected chi connectivity index (χ3v) is 5.47. The molecular formula is C26H37F2NO. The number of rotatable bonds is 15. The smallest absolute Gasteiger partial charge is 0.201 e. The fraction of sp³-hybridized carbons (Fsp3) is 0.577. The molecule has 0 atom stereocenters. The lowest BCUT2D eigenvalue weighted by atomic mass is 10.1. The second-order valence-electron chi connectivity index (χ2n) is 8.07. The lowest BCUT2D eigenvalue weighted by Gasteiger charge is -2.10. The van der Waals surface area contributed by atoms with Crippen molar-refractivity contribution in [3.05, 3.63) is 47.7 Å². The molecule has 2 rings (SSSR count). The van der Waals surface area contributed by atoms with Crippen LogP contribution in [0.3, 0.4) is 0 Å². The molecule has 0 aliphatic carbocycles. The molecule has 0 aliphatic heterocycles. The first-order chi connectivity index (χ1) is 14.7. The molecule has 1 aromatic carbocycles. The summed E-state index contributed by atoms with van der Waals surface area (Å²) in [5.41, 5.74) is 1.76. The van der Waals surface area contributed by atoms with Gasteiger partial charge in [0.2, 0.25) is 5.82 Å². The predicted octanol–water partition coefficient (Wildman–Crippen LogP) is 8.28. The lowest BCUT2D eigenvalue weighted by molar-refractivity contribution is 0.285. The Hall–Kier alpha value is -1.97. The first-order valence-corrected chi connectivity index (χ1v) is 11.7. The van der Waals surface area contributed by atoms with Gasteiger partial charge in [0.1, 0.15) is 0 Å². The van der Waals surface area contributed by atoms with E-state index < -0.39 is 11.6 Å². The molecule has 4 heteroatoms. The zero-order valence-electron chi connectivity index (χ0n) is 18.7. The van der Waals surface area contributed by atoms with E-state index in [1.54, 1.807) is 18.3 Å². The molecular weight excluding hydrogens is 380 g/mol. The second kappa shape index (κ2) is 14.1. The highest BCUT2D eigenvalue weighted by Gasteiger charge is 2.16. The Labute approximate surface area is 181 Å². The molecule has 0 spiro atoms. The van der Waals surface area contributed by atoms with Gasteiger partial charge in [0, 0.05) is 11.8 Å². The van der Waals surface area contributed by atoms with Gasteiger partial charge in [0.25, 0.3) is 0 Å². The Morgan fingerprint density at radius 1 is 0.733 bits per heavy atom. The molecule has 0 radical (unpaired) electrons. The Morgan fingerprint density at radius 3 is 2.07 bits per heavy atom. The maximum atomic E-state index is 14.6. The lowest BCUT2D eigenvalue weighted by Crippen LogP contribution is -2.02. The van der Waals surface area contributed by atoms with Crippen LogP contribution in [0.1, 0.15) is 90.0 Å². The number of hydrogen-bond donors (Lipinski definition) is 0. The van der Waals surface area contributed by atoms with E-state index in [-0.39, 0.29) is 11.3 Å². The van der Waals surface area contributed by atoms with E-state index in [0.717, 1.165) is 37.7 Å². The van der Waals surface area contributed by atoms with Gasteiger partial charge >= 0.3 is 0 Å². The predicted molar refractivity (Wildman–Crippen MR) is 121 cm³/mol. The van der Waals surface area contributed by atoms with Crippen LogP contribution in [0.5, 0.6) is 5.75 Å². The van der Waals surface area contributed by atoms with Gasteiger partial charge in [0.15, 0.2) is 11.6 Å². The van der Waals surface area contributed by atoms with Gasteiger partial charge < -0.3 is 4.74 Å². The summed E-state index contributed by atoms with van der Waals surface area (Å²) in [4.78, 5) is 4.36. The van der Waals surface area contributed by atoms with Crippen molar-refractivity contribution in [3.8, 4) is 17.0 Å². The second-order valence-corrected chi connectivity index (χ2v) is 8.07. The third-order valence-electron chi connectivity index (χ3n) is 5.47. The molecule has 30 heavy (non-hydrogen) atoms. The van der Waals surface area contributed by atoms with Crippen LogP contribution in [0.15, 0.2) is 30.5 Å². The summed E-state index contributed by atoms with van der Waals surface area (Å²) in [6.07, 6.45) is 15.6. The van der Waals surface area contributed by atoms with E-state index in [1.165, 1.54) is 51.0 Å². The fourth-order valence-corrected chi connectivity index (χ4v) is 3.57. The number of unbranched alkanes of at least 4 members (excludes halogenated alkanes) is 9. The number of hydrogen-bond acceptors (Lipinski definition) is 2. The quantitative estimate of drug-likeness (QED) is 0.272. The highest BCUT2D eigenvalue weighted by molar-refractivity contribution is 5.61. The van der Waals surface area contributed by atoms with E-state index in [9.17, 15) is 8.78 Å². The van der Waals surface area contributed by atoms with Gasteiger partial charge in [-0.25, -0.2) is 4.39 Å². The van der Waals surface area contributed by atoms with Crippen LogP contribution in [0.4, 0.5) is 8.78 Å². The molecule has 0 bridgehead atoms. The molecule has 0 saturated carbocycles. The minimum atomic E-state index is -0.930. The number of halogens is 2. The molecule has 0 saturated heterocycles. The standard InChI is InChI=1S/C26H37F2NO/c1-3-5-7-9-11-13-19-30-24-18-16-22(25(27)26(24)28)23-17-15-21(20-29-23)14-12-10-8-6-4-2/h15-18,20H,3-14,19H2,1-2H3. The summed E-state index contributed by atoms with van der Waals surface area (Å²) in [6.45, 7) is 4.80. The topological polar surface area (TPSA) is 22.1 Å². The first-order valence-electron chi connectivity index (χ1n) is 11.7. The number of nitrogens with zero attached hydrogens (tertiary/aromatic N) is 1. The normalized spacial score (nSPS) is 11.1. The molecule has 0 fully saturated rings. The van der Waals surface area contributed by atoms with Crippen LogP contribution < -0.4 is 4.74 Å². The van der Waals surface area contributed by atoms with E-state index in [0.29, 0.717) is 12.3 Å². The molecule has 0 amide bonds. The largest absolute Gasteiger partial charge is 0.490 e. The van der Waals surface area contributed by atoms with E-state index in [4.69, 9.17) is 4.74 Å². The molecule has 0 unspecified atom stereocenters. The van der Waals surface area contributed by atoms with E-state index in [2.05, 4.69) is 18.8 Å². The first kappa shape index (κ1) is 24.3. The number of aromatic nitrogens is 1. The Bertz CT molecular complexity index is 731. The van der Waals surface area contributed by atoms with Crippen molar-refractivity contribution in [1.29, 1.82) is 0 Å². The van der Waals surface area contributed by atoms with Gasteiger partial charge in [-0.3, -0.25) is 4.98 Å². The third kappa shape index (κ3) is 8.04. The zero-order chi connectivity index (χ0) is 21.6. The Kier molecular flexibility index (Phi) is 11.4. The van der Waals surface area contributed by atoms with Gasteiger partial charge in [0.05, 0.1) is 12.3 Å². The Balaban J connectivity index is 1.86. The highest BCUT2D eigenvalue weighted by atomic mass is 19.2. The molecule has 1 heterocycles. The van der Waals surface area contributed by atoms with Crippen LogP contribution in [0, 0.1) is 11.6 Å². The summed E-state index contributed by atoms with van der Waals surface area (Å²) in [6, 6.07) is 6.80. The van der Waals surface area contributed by atoms with E-state index >= 15 is 0 Å². The van der Waals surface area contributed by atoms with Gasteiger partial charge in [-0.15, -0.1) is 0 Å². The minimum Gasteiger partial charge on any atom is -0.490 e. The van der Waals surface area contributed by atoms with Crippen LogP contribution in [0.2, 0.25) is 0 Å². The Morgan fingerprint density at radius 2 is 1.40 bits per heavy atom. The molecule has 2 aromatic rings. The van der Waals surface area contributed by atoms with Crippen LogP contribution in [-0.4, -0.2) is 11.6 Å². The van der Waals surface area contributed by atoms with Crippen LogP contribution in [-0.2, 0) is 6.42 Å². The SMILES string of the molecule is CCCCCCCCOc1ccc(-c2ccc(CCCCCCC)cn2)c(F)c1F. The summed E-state index contributed by atoms with van der Waals surface area (Å²) < 4.78 is 34.5. The molecule has 0 N–H and O–H groups in total. The van der Waals surface area contributed by atoms with Crippen molar-refractivity contribution in [2.24, 2.45) is 0 Å². The number of ether oxygens (including phenoxy) is 1. The van der Waals surface area contributed by atoms with Crippen molar-refractivity contribution in [2.75, 3.05) is 6.61 Å². The van der Waals surface area contributed by atoms with Gasteiger partial charge in [-0.05, 0) is 43.0 Å². The highest BCUT2D eigenvalue weighted by Crippen LogP contribution is 2.29. The van der Waals surface area contributed by atoms with Crippen molar-refractivity contribution in [2.45, 2.75) is 90.9 Å². The van der Waals surface area contributed by atoms with Crippen molar-refractivity contribution in [3.63, 3.8) is 0 Å². The molecule has 0 aliphatic rings. The minimum absolute atomic E-state index is 0.0199. The van der Waals surface area contributed by atoms with Crippen LogP contribution >= 0.6 is 0 Å². The summed E-state index contributed by atoms with van der Waals surface area (Å²) in [5.74, 6) is -1.84. The molecule has 2 nitrogen and oxygen atoms in total. The van der Waals surface area contributed by atoms with Crippen LogP contribution in [0.25, 0.3) is 11.3 Å². The average molecular weight is 418 g/mol. The number of aryl methyl sites for hydroxylation is 1. The maximum Gasteiger partial charge on any atom is 0.201 e. The molecule has 166 valence electrons. The molecule has 1 aromatic heterocycles. The summed E-state index contributed by atoms with van der Waals surface area (Å²) in [7, 11) is 0. The fourth-order valence-electron chi connectivity index (χ4n) is 3.57. The zero-order valence-corrected chi connectivity index (χ0v) is 18.7. The van der Waals surface area contributed by atoms with Crippen molar-refractivity contribution in [1.82, 2.24) is 4.98 Å². The summed E-state index contributed by atoms with van der Waals surface area (Å²) >= 11 is 0. The van der Waals surface area contributed by atoms with E-state index in [1.807, 2.05) is 6.07 Å². The van der Waals surface area contributed by atoms with Gasteiger partial charge in [-0.2, -0.15) is 4.39 Å². The number of pyridine rings is 1. The van der Waals surface area contributed by atoms with Crippen molar-refractivity contribution < 1.29 is 13.5 Å². The van der Waals surface area contributed by atoms with Gasteiger partial charge in [-0.1, -0.05) is 77.7 Å². The average Bonchev–Trinajstić information content (AvgIpc) is 2.76. The number of benzene rings is 1. The maximum absolute atomic E-state index is 14.6. The monoisotopic (exact) mass is 417 g/mol. The van der Waals surface area contributed by atoms with Crippen molar-refractivity contribution >= 4 is 0 Å². The summed E-state index contributed by atoms with van der Waals surface area (Å²) in [5, 5.41) is 0.